The van der Waals surface area contributed by atoms with Crippen LogP contribution in [0.2, 0.25) is 0 Å². The van der Waals surface area contributed by atoms with Gasteiger partial charge in [-0.05, 0) is 29.5 Å². The zero-order valence-corrected chi connectivity index (χ0v) is 12.9. The zero-order chi connectivity index (χ0) is 15.2. The summed E-state index contributed by atoms with van der Waals surface area (Å²) in [5, 5.41) is 2.82. The maximum Gasteiger partial charge on any atom is 0.257 e. The molecule has 0 spiro atoms. The number of benzene rings is 1. The minimum absolute atomic E-state index is 0.0128. The molecule has 0 aliphatic carbocycles. The van der Waals surface area contributed by atoms with E-state index in [4.69, 9.17) is 10.5 Å². The predicted octanol–water partition coefficient (Wildman–Crippen LogP) is 2.07. The predicted molar refractivity (Wildman–Crippen MR) is 81.9 cm³/mol. The van der Waals surface area contributed by atoms with Gasteiger partial charge in [0.1, 0.15) is 5.75 Å². The number of nitrogens with one attached hydrogen (secondary N) is 1. The quantitative estimate of drug-likeness (QED) is 0.837. The molecule has 0 bridgehead atoms. The molecule has 0 fully saturated rings. The van der Waals surface area contributed by atoms with Crippen molar-refractivity contribution in [2.24, 2.45) is 11.7 Å². The van der Waals surface area contributed by atoms with Crippen molar-refractivity contribution in [1.29, 1.82) is 0 Å². The minimum atomic E-state index is -0.117. The fraction of sp³-hybridized carbons (Fsp3) is 0.562. The Morgan fingerprint density at radius 1 is 1.35 bits per heavy atom. The molecule has 1 amide bonds. The lowest BCUT2D eigenvalue weighted by Gasteiger charge is -2.22. The van der Waals surface area contributed by atoms with E-state index in [-0.39, 0.29) is 23.8 Å². The highest BCUT2D eigenvalue weighted by Crippen LogP contribution is 2.30. The summed E-state index contributed by atoms with van der Waals surface area (Å²) in [6.07, 6.45) is 0. The number of amides is 1. The Balaban J connectivity index is 2.56. The molecule has 4 nitrogen and oxygen atoms in total. The number of para-hydroxylation sites is 1. The molecule has 0 aromatic heterocycles. The van der Waals surface area contributed by atoms with E-state index < -0.39 is 0 Å². The lowest BCUT2D eigenvalue weighted by molar-refractivity contribution is -0.123. The first-order valence-corrected chi connectivity index (χ1v) is 7.03. The van der Waals surface area contributed by atoms with Crippen LogP contribution in [0.25, 0.3) is 0 Å². The van der Waals surface area contributed by atoms with Gasteiger partial charge in [0, 0.05) is 6.54 Å². The molecular formula is C16H26N2O2. The number of hydrogen-bond acceptors (Lipinski definition) is 3. The lowest BCUT2D eigenvalue weighted by atomic mass is 9.86. The first-order chi connectivity index (χ1) is 9.34. The summed E-state index contributed by atoms with van der Waals surface area (Å²) >= 11 is 0. The maximum atomic E-state index is 11.7. The number of hydrogen-bond donors (Lipinski definition) is 2. The first kappa shape index (κ1) is 16.5. The van der Waals surface area contributed by atoms with Gasteiger partial charge in [0.15, 0.2) is 6.61 Å². The average Bonchev–Trinajstić information content (AvgIpc) is 2.41. The van der Waals surface area contributed by atoms with Crippen LogP contribution < -0.4 is 15.8 Å². The van der Waals surface area contributed by atoms with Crippen molar-refractivity contribution in [3.63, 3.8) is 0 Å². The highest BCUT2D eigenvalue weighted by molar-refractivity contribution is 5.77. The molecule has 0 heterocycles. The van der Waals surface area contributed by atoms with Crippen molar-refractivity contribution in [1.82, 2.24) is 5.32 Å². The van der Waals surface area contributed by atoms with Crippen LogP contribution in [-0.2, 0) is 10.2 Å². The maximum absolute atomic E-state index is 11.7. The van der Waals surface area contributed by atoms with Crippen LogP contribution in [0.3, 0.4) is 0 Å². The van der Waals surface area contributed by atoms with Gasteiger partial charge in [-0.2, -0.15) is 0 Å². The molecule has 1 aromatic rings. The van der Waals surface area contributed by atoms with Gasteiger partial charge in [0.2, 0.25) is 0 Å². The van der Waals surface area contributed by atoms with Crippen LogP contribution in [0.5, 0.6) is 5.75 Å². The van der Waals surface area contributed by atoms with Crippen LogP contribution >= 0.6 is 0 Å². The van der Waals surface area contributed by atoms with Crippen LogP contribution in [0.15, 0.2) is 24.3 Å². The number of carbonyl (C=O) groups excluding carboxylic acids is 1. The normalized spacial score (nSPS) is 12.8. The summed E-state index contributed by atoms with van der Waals surface area (Å²) in [5.41, 5.74) is 6.60. The van der Waals surface area contributed by atoms with Gasteiger partial charge in [-0.25, -0.2) is 0 Å². The van der Waals surface area contributed by atoms with Crippen molar-refractivity contribution in [3.8, 4) is 5.75 Å². The molecule has 0 radical (unpaired) electrons. The Bertz CT molecular complexity index is 438. The Morgan fingerprint density at radius 2 is 2.00 bits per heavy atom. The molecule has 3 N–H and O–H groups in total. The van der Waals surface area contributed by atoms with Crippen LogP contribution in [-0.4, -0.2) is 25.6 Å². The largest absolute Gasteiger partial charge is 0.483 e. The third-order valence-electron chi connectivity index (χ3n) is 3.10. The fourth-order valence-corrected chi connectivity index (χ4v) is 1.78. The fourth-order valence-electron chi connectivity index (χ4n) is 1.78. The van der Waals surface area contributed by atoms with Gasteiger partial charge in [-0.15, -0.1) is 0 Å². The molecule has 0 saturated carbocycles. The molecule has 1 aromatic carbocycles. The van der Waals surface area contributed by atoms with Crippen molar-refractivity contribution < 1.29 is 9.53 Å². The summed E-state index contributed by atoms with van der Waals surface area (Å²) in [4.78, 5) is 11.7. The lowest BCUT2D eigenvalue weighted by Crippen LogP contribution is -2.34. The van der Waals surface area contributed by atoms with Gasteiger partial charge >= 0.3 is 0 Å². The minimum Gasteiger partial charge on any atom is -0.483 e. The SMILES string of the molecule is CC(CN)CNC(=O)COc1ccccc1C(C)(C)C. The van der Waals surface area contributed by atoms with Crippen molar-refractivity contribution in [3.05, 3.63) is 29.8 Å². The Hall–Kier alpha value is -1.55. The molecule has 1 unspecified atom stereocenters. The van der Waals surface area contributed by atoms with Gasteiger partial charge in [-0.1, -0.05) is 45.9 Å². The Labute approximate surface area is 121 Å². The van der Waals surface area contributed by atoms with Crippen molar-refractivity contribution in [2.45, 2.75) is 33.1 Å². The molecule has 1 rings (SSSR count). The molecule has 0 aliphatic heterocycles. The number of nitrogens with two attached hydrogens (primary N) is 1. The van der Waals surface area contributed by atoms with E-state index in [0.717, 1.165) is 11.3 Å². The average molecular weight is 278 g/mol. The zero-order valence-electron chi connectivity index (χ0n) is 12.9. The summed E-state index contributed by atoms with van der Waals surface area (Å²) in [6.45, 7) is 9.54. The molecule has 20 heavy (non-hydrogen) atoms. The van der Waals surface area contributed by atoms with Crippen LogP contribution in [0.1, 0.15) is 33.3 Å². The molecule has 0 saturated heterocycles. The number of rotatable bonds is 6. The van der Waals surface area contributed by atoms with Crippen LogP contribution in [0, 0.1) is 5.92 Å². The topological polar surface area (TPSA) is 64.3 Å². The highest BCUT2D eigenvalue weighted by Gasteiger charge is 2.18. The van der Waals surface area contributed by atoms with E-state index in [1.165, 1.54) is 0 Å². The second-order valence-corrected chi connectivity index (χ2v) is 6.18. The standard InChI is InChI=1S/C16H26N2O2/c1-12(9-17)10-18-15(19)11-20-14-8-6-5-7-13(14)16(2,3)4/h5-8,12H,9-11,17H2,1-4H3,(H,18,19). The van der Waals surface area contributed by atoms with E-state index in [2.05, 4.69) is 26.1 Å². The Morgan fingerprint density at radius 3 is 2.60 bits per heavy atom. The Kier molecular flexibility index (Phi) is 6.02. The summed E-state index contributed by atoms with van der Waals surface area (Å²) < 4.78 is 5.65. The number of carbonyl (C=O) groups is 1. The van der Waals surface area contributed by atoms with Crippen molar-refractivity contribution >= 4 is 5.91 Å². The van der Waals surface area contributed by atoms with Gasteiger partial charge in [0.05, 0.1) is 0 Å². The molecule has 4 heteroatoms. The molecular weight excluding hydrogens is 252 g/mol. The van der Waals surface area contributed by atoms with Crippen LogP contribution in [0.4, 0.5) is 0 Å². The molecule has 0 aliphatic rings. The first-order valence-electron chi connectivity index (χ1n) is 7.03. The third kappa shape index (κ3) is 5.21. The van der Waals surface area contributed by atoms with E-state index >= 15 is 0 Å². The summed E-state index contributed by atoms with van der Waals surface area (Å²) in [7, 11) is 0. The van der Waals surface area contributed by atoms with E-state index in [9.17, 15) is 4.79 Å². The third-order valence-corrected chi connectivity index (χ3v) is 3.10. The van der Waals surface area contributed by atoms with E-state index in [1.54, 1.807) is 0 Å². The summed E-state index contributed by atoms with van der Waals surface area (Å²) in [6, 6.07) is 7.83. The molecule has 1 atom stereocenters. The monoisotopic (exact) mass is 278 g/mol. The highest BCUT2D eigenvalue weighted by atomic mass is 16.5. The van der Waals surface area contributed by atoms with Gasteiger partial charge in [-0.3, -0.25) is 4.79 Å². The second-order valence-electron chi connectivity index (χ2n) is 6.18. The molecule has 112 valence electrons. The van der Waals surface area contributed by atoms with Crippen molar-refractivity contribution in [2.75, 3.05) is 19.7 Å². The van der Waals surface area contributed by atoms with E-state index in [0.29, 0.717) is 13.1 Å². The van der Waals surface area contributed by atoms with Gasteiger partial charge in [0.25, 0.3) is 5.91 Å². The second kappa shape index (κ2) is 7.29. The van der Waals surface area contributed by atoms with E-state index in [1.807, 2.05) is 31.2 Å². The number of ether oxygens (including phenoxy) is 1. The summed E-state index contributed by atoms with van der Waals surface area (Å²) in [5.74, 6) is 0.928. The van der Waals surface area contributed by atoms with Gasteiger partial charge < -0.3 is 15.8 Å². The smallest absolute Gasteiger partial charge is 0.257 e.